The number of hydrogen-bond acceptors (Lipinski definition) is 2. The third kappa shape index (κ3) is 3.47. The van der Waals surface area contributed by atoms with Crippen molar-refractivity contribution in [2.45, 2.75) is 39.2 Å². The van der Waals surface area contributed by atoms with Crippen LogP contribution in [0.4, 0.5) is 0 Å². The van der Waals surface area contributed by atoms with E-state index in [1.54, 1.807) is 0 Å². The Balaban J connectivity index is 2.73. The molecule has 0 aliphatic carbocycles. The highest BCUT2D eigenvalue weighted by Gasteiger charge is 2.13. The molecule has 0 bridgehead atoms. The Kier molecular flexibility index (Phi) is 5.66. The van der Waals surface area contributed by atoms with Crippen LogP contribution in [0.5, 0.6) is 0 Å². The molecule has 1 unspecified atom stereocenters. The molecule has 1 aromatic heterocycles. The van der Waals surface area contributed by atoms with Gasteiger partial charge in [-0.15, -0.1) is 17.9 Å². The van der Waals surface area contributed by atoms with Crippen molar-refractivity contribution >= 4 is 11.3 Å². The number of allylic oxidation sites excluding steroid dienone is 1. The van der Waals surface area contributed by atoms with E-state index in [0.717, 1.165) is 25.8 Å². The van der Waals surface area contributed by atoms with Crippen LogP contribution in [0.25, 0.3) is 0 Å². The van der Waals surface area contributed by atoms with Gasteiger partial charge in [0.25, 0.3) is 0 Å². The van der Waals surface area contributed by atoms with E-state index in [0.29, 0.717) is 6.04 Å². The molecule has 1 heterocycles. The van der Waals surface area contributed by atoms with Gasteiger partial charge in [0.1, 0.15) is 0 Å². The van der Waals surface area contributed by atoms with E-state index >= 15 is 0 Å². The molecule has 0 saturated carbocycles. The minimum Gasteiger partial charge on any atom is -0.310 e. The van der Waals surface area contributed by atoms with Gasteiger partial charge in [-0.25, -0.2) is 0 Å². The number of hydrogen-bond donors (Lipinski definition) is 1. The Bertz CT molecular complexity index is 290. The average Bonchev–Trinajstić information content (AvgIpc) is 2.72. The van der Waals surface area contributed by atoms with Crippen LogP contribution in [0.1, 0.15) is 43.2 Å². The molecule has 0 amide bonds. The molecule has 1 N–H and O–H groups in total. The lowest BCUT2D eigenvalue weighted by molar-refractivity contribution is 0.524. The van der Waals surface area contributed by atoms with Crippen LogP contribution in [-0.4, -0.2) is 6.54 Å². The highest BCUT2D eigenvalue weighted by atomic mass is 32.1. The lowest BCUT2D eigenvalue weighted by Gasteiger charge is -2.17. The summed E-state index contributed by atoms with van der Waals surface area (Å²) in [5, 5.41) is 5.76. The number of nitrogens with one attached hydrogen (secondary N) is 1. The minimum absolute atomic E-state index is 0.517. The number of rotatable bonds is 7. The summed E-state index contributed by atoms with van der Waals surface area (Å²) in [6.07, 6.45) is 5.38. The molecule has 1 nitrogen and oxygen atoms in total. The third-order valence-corrected chi connectivity index (χ3v) is 3.66. The quantitative estimate of drug-likeness (QED) is 0.691. The van der Waals surface area contributed by atoms with Crippen molar-refractivity contribution < 1.29 is 0 Å². The first-order valence-electron chi connectivity index (χ1n) is 5.74. The second-order valence-electron chi connectivity index (χ2n) is 3.64. The largest absolute Gasteiger partial charge is 0.310 e. The van der Waals surface area contributed by atoms with Crippen LogP contribution in [0.15, 0.2) is 24.1 Å². The minimum atomic E-state index is 0.517. The molecule has 15 heavy (non-hydrogen) atoms. The van der Waals surface area contributed by atoms with Crippen molar-refractivity contribution in [1.82, 2.24) is 5.32 Å². The molecule has 2 heteroatoms. The Morgan fingerprint density at radius 3 is 2.93 bits per heavy atom. The molecule has 0 saturated heterocycles. The predicted molar refractivity (Wildman–Crippen MR) is 69.5 cm³/mol. The first-order chi connectivity index (χ1) is 7.33. The van der Waals surface area contributed by atoms with Gasteiger partial charge in [-0.1, -0.05) is 19.9 Å². The Morgan fingerprint density at radius 1 is 1.53 bits per heavy atom. The van der Waals surface area contributed by atoms with Gasteiger partial charge in [-0.3, -0.25) is 0 Å². The number of thiophene rings is 1. The third-order valence-electron chi connectivity index (χ3n) is 2.59. The van der Waals surface area contributed by atoms with E-state index in [1.165, 1.54) is 10.4 Å². The van der Waals surface area contributed by atoms with Gasteiger partial charge in [0, 0.05) is 10.9 Å². The molecule has 84 valence electrons. The molecule has 1 aromatic rings. The van der Waals surface area contributed by atoms with Gasteiger partial charge in [0.2, 0.25) is 0 Å². The Morgan fingerprint density at radius 2 is 2.33 bits per heavy atom. The SMILES string of the molecule is C=CCCC(NCC)c1sccc1CC. The normalized spacial score (nSPS) is 12.7. The fraction of sp³-hybridized carbons (Fsp3) is 0.538. The summed E-state index contributed by atoms with van der Waals surface area (Å²) in [6, 6.07) is 2.76. The molecule has 1 atom stereocenters. The van der Waals surface area contributed by atoms with E-state index in [-0.39, 0.29) is 0 Å². The first kappa shape index (κ1) is 12.5. The van der Waals surface area contributed by atoms with Gasteiger partial charge in [-0.05, 0) is 42.8 Å². The first-order valence-corrected chi connectivity index (χ1v) is 6.61. The van der Waals surface area contributed by atoms with Gasteiger partial charge in [-0.2, -0.15) is 0 Å². The maximum Gasteiger partial charge on any atom is 0.0420 e. The van der Waals surface area contributed by atoms with E-state index in [9.17, 15) is 0 Å². The fourth-order valence-electron chi connectivity index (χ4n) is 1.80. The van der Waals surface area contributed by atoms with Crippen molar-refractivity contribution in [2.24, 2.45) is 0 Å². The smallest absolute Gasteiger partial charge is 0.0420 e. The summed E-state index contributed by atoms with van der Waals surface area (Å²) in [6.45, 7) is 9.21. The van der Waals surface area contributed by atoms with Crippen LogP contribution in [-0.2, 0) is 6.42 Å². The maximum atomic E-state index is 3.79. The molecule has 0 aromatic carbocycles. The Hall–Kier alpha value is -0.600. The topological polar surface area (TPSA) is 12.0 Å². The summed E-state index contributed by atoms with van der Waals surface area (Å²) in [7, 11) is 0. The lowest BCUT2D eigenvalue weighted by Crippen LogP contribution is -2.20. The molecular weight excluding hydrogens is 202 g/mol. The summed E-state index contributed by atoms with van der Waals surface area (Å²) >= 11 is 1.88. The van der Waals surface area contributed by atoms with Crippen LogP contribution in [0.3, 0.4) is 0 Å². The van der Waals surface area contributed by atoms with Crippen LogP contribution in [0.2, 0.25) is 0 Å². The van der Waals surface area contributed by atoms with Gasteiger partial charge in [0.15, 0.2) is 0 Å². The average molecular weight is 223 g/mol. The highest BCUT2D eigenvalue weighted by molar-refractivity contribution is 7.10. The van der Waals surface area contributed by atoms with Crippen molar-refractivity contribution in [3.63, 3.8) is 0 Å². The van der Waals surface area contributed by atoms with Gasteiger partial charge >= 0.3 is 0 Å². The zero-order chi connectivity index (χ0) is 11.1. The maximum absolute atomic E-state index is 3.79. The second-order valence-corrected chi connectivity index (χ2v) is 4.59. The zero-order valence-corrected chi connectivity index (χ0v) is 10.6. The highest BCUT2D eigenvalue weighted by Crippen LogP contribution is 2.28. The molecule has 1 rings (SSSR count). The van der Waals surface area contributed by atoms with Crippen molar-refractivity contribution in [3.8, 4) is 0 Å². The van der Waals surface area contributed by atoms with Crippen molar-refractivity contribution in [1.29, 1.82) is 0 Å². The molecule has 0 aliphatic heterocycles. The van der Waals surface area contributed by atoms with Crippen molar-refractivity contribution in [3.05, 3.63) is 34.5 Å². The van der Waals surface area contributed by atoms with Crippen molar-refractivity contribution in [2.75, 3.05) is 6.54 Å². The standard InChI is InChI=1S/C13H21NS/c1-4-7-8-12(14-6-3)13-11(5-2)9-10-15-13/h4,9-10,12,14H,1,5-8H2,2-3H3. The van der Waals surface area contributed by atoms with Crippen LogP contribution >= 0.6 is 11.3 Å². The summed E-state index contributed by atoms with van der Waals surface area (Å²) < 4.78 is 0. The zero-order valence-electron chi connectivity index (χ0n) is 9.75. The second kappa shape index (κ2) is 6.81. The predicted octanol–water partition coefficient (Wildman–Crippen LogP) is 3.93. The van der Waals surface area contributed by atoms with Gasteiger partial charge in [0.05, 0.1) is 0 Å². The summed E-state index contributed by atoms with van der Waals surface area (Å²) in [5.41, 5.74) is 1.50. The van der Waals surface area contributed by atoms with E-state index in [2.05, 4.69) is 37.2 Å². The lowest BCUT2D eigenvalue weighted by atomic mass is 10.0. The van der Waals surface area contributed by atoms with Crippen LogP contribution in [0, 0.1) is 0 Å². The molecular formula is C13H21NS. The Labute approximate surface area is 97.2 Å². The molecule has 0 fully saturated rings. The number of aryl methyl sites for hydroxylation is 1. The molecule has 0 aliphatic rings. The fourth-order valence-corrected chi connectivity index (χ4v) is 2.91. The monoisotopic (exact) mass is 223 g/mol. The van der Waals surface area contributed by atoms with E-state index < -0.39 is 0 Å². The van der Waals surface area contributed by atoms with Gasteiger partial charge < -0.3 is 5.32 Å². The van der Waals surface area contributed by atoms with E-state index in [4.69, 9.17) is 0 Å². The van der Waals surface area contributed by atoms with E-state index in [1.807, 2.05) is 17.4 Å². The van der Waals surface area contributed by atoms with Crippen LogP contribution < -0.4 is 5.32 Å². The summed E-state index contributed by atoms with van der Waals surface area (Å²) in [4.78, 5) is 1.52. The molecule has 0 radical (unpaired) electrons. The summed E-state index contributed by atoms with van der Waals surface area (Å²) in [5.74, 6) is 0. The molecule has 0 spiro atoms.